The van der Waals surface area contributed by atoms with E-state index in [0.717, 1.165) is 18.4 Å². The topological polar surface area (TPSA) is 134 Å². The standard InChI is InChI=1S/C36H53N3O7/c1-10-11-17-22-39(32(42)29(24(2)3)38-34(44)46-36(7,8)9)30(26-20-15-16-21-28(26)40)31(41)37-27(33(43)45-35(4,5)6)23-25-18-13-12-14-19-25/h12-16,18-21,24,27,29-30,40H,10-11,17,22-23H2,1-9H3,(H,37,41)(H,38,44). The highest BCUT2D eigenvalue weighted by molar-refractivity contribution is 5.94. The molecule has 3 N–H and O–H groups in total. The van der Waals surface area contributed by atoms with Gasteiger partial charge < -0.3 is 30.1 Å². The number of carbonyl (C=O) groups excluding carboxylic acids is 4. The van der Waals surface area contributed by atoms with Crippen LogP contribution in [0.25, 0.3) is 0 Å². The van der Waals surface area contributed by atoms with Gasteiger partial charge in [-0.3, -0.25) is 9.59 Å². The van der Waals surface area contributed by atoms with Gasteiger partial charge in [0.2, 0.25) is 11.8 Å². The van der Waals surface area contributed by atoms with Crippen LogP contribution >= 0.6 is 0 Å². The number of hydrogen-bond donors (Lipinski definition) is 3. The number of aromatic hydroxyl groups is 1. The van der Waals surface area contributed by atoms with Crippen molar-refractivity contribution in [2.75, 3.05) is 6.54 Å². The van der Waals surface area contributed by atoms with Crippen molar-refractivity contribution >= 4 is 23.9 Å². The minimum absolute atomic E-state index is 0.146. The smallest absolute Gasteiger partial charge is 0.408 e. The summed E-state index contributed by atoms with van der Waals surface area (Å²) in [5.41, 5.74) is -0.612. The van der Waals surface area contributed by atoms with E-state index in [1.807, 2.05) is 37.3 Å². The Kier molecular flexibility index (Phi) is 14.1. The van der Waals surface area contributed by atoms with Gasteiger partial charge in [0, 0.05) is 18.5 Å². The average molecular weight is 640 g/mol. The van der Waals surface area contributed by atoms with Gasteiger partial charge in [-0.05, 0) is 65.5 Å². The lowest BCUT2D eigenvalue weighted by atomic mass is 9.97. The van der Waals surface area contributed by atoms with Gasteiger partial charge in [-0.2, -0.15) is 0 Å². The Balaban J connectivity index is 2.62. The van der Waals surface area contributed by atoms with E-state index in [4.69, 9.17) is 9.47 Å². The zero-order valence-corrected chi connectivity index (χ0v) is 28.9. The van der Waals surface area contributed by atoms with Crippen molar-refractivity contribution in [2.45, 2.75) is 117 Å². The number of hydrogen-bond acceptors (Lipinski definition) is 7. The van der Waals surface area contributed by atoms with E-state index in [9.17, 15) is 24.3 Å². The Morgan fingerprint density at radius 3 is 1.96 bits per heavy atom. The number of phenols is 1. The fourth-order valence-corrected chi connectivity index (χ4v) is 4.86. The maximum Gasteiger partial charge on any atom is 0.408 e. The third-order valence-corrected chi connectivity index (χ3v) is 6.97. The van der Waals surface area contributed by atoms with Crippen molar-refractivity contribution in [2.24, 2.45) is 5.92 Å². The molecule has 0 spiro atoms. The molecule has 2 rings (SSSR count). The van der Waals surface area contributed by atoms with Crippen molar-refractivity contribution < 1.29 is 33.8 Å². The molecule has 0 bridgehead atoms. The molecular formula is C36H53N3O7. The number of carbonyl (C=O) groups is 4. The molecule has 10 nitrogen and oxygen atoms in total. The molecule has 3 unspecified atom stereocenters. The largest absolute Gasteiger partial charge is 0.508 e. The second-order valence-corrected chi connectivity index (χ2v) is 13.9. The number of phenolic OH excluding ortho intramolecular Hbond substituents is 1. The predicted molar refractivity (Wildman–Crippen MR) is 178 cm³/mol. The highest BCUT2D eigenvalue weighted by Gasteiger charge is 2.40. The Hall–Kier alpha value is -4.08. The molecule has 3 atom stereocenters. The molecule has 0 aliphatic rings. The predicted octanol–water partition coefficient (Wildman–Crippen LogP) is 6.07. The van der Waals surface area contributed by atoms with Gasteiger partial charge in [0.15, 0.2) is 0 Å². The number of amides is 3. The van der Waals surface area contributed by atoms with Crippen molar-refractivity contribution in [3.8, 4) is 5.75 Å². The molecule has 0 radical (unpaired) electrons. The van der Waals surface area contributed by atoms with Crippen LogP contribution in [0.5, 0.6) is 5.75 Å². The van der Waals surface area contributed by atoms with E-state index >= 15 is 0 Å². The van der Waals surface area contributed by atoms with Crippen molar-refractivity contribution in [3.05, 3.63) is 65.7 Å². The van der Waals surface area contributed by atoms with Gasteiger partial charge in [-0.25, -0.2) is 9.59 Å². The first-order valence-corrected chi connectivity index (χ1v) is 16.1. The lowest BCUT2D eigenvalue weighted by Gasteiger charge is -2.36. The van der Waals surface area contributed by atoms with Crippen LogP contribution in [0, 0.1) is 5.92 Å². The summed E-state index contributed by atoms with van der Waals surface area (Å²) in [5, 5.41) is 16.5. The molecule has 0 aromatic heterocycles. The molecule has 0 aliphatic heterocycles. The number of alkyl carbamates (subject to hydrolysis) is 1. The minimum atomic E-state index is -1.33. The summed E-state index contributed by atoms with van der Waals surface area (Å²) in [5.74, 6) is -2.37. The molecular weight excluding hydrogens is 586 g/mol. The van der Waals surface area contributed by atoms with E-state index in [1.54, 1.807) is 73.6 Å². The Bertz CT molecular complexity index is 1300. The van der Waals surface area contributed by atoms with E-state index in [0.29, 0.717) is 6.42 Å². The van der Waals surface area contributed by atoms with Crippen LogP contribution < -0.4 is 10.6 Å². The second kappa shape index (κ2) is 17.0. The number of rotatable bonds is 14. The Morgan fingerprint density at radius 1 is 0.826 bits per heavy atom. The lowest BCUT2D eigenvalue weighted by Crippen LogP contribution is -2.56. The summed E-state index contributed by atoms with van der Waals surface area (Å²) in [6.45, 7) is 16.2. The molecule has 10 heteroatoms. The van der Waals surface area contributed by atoms with E-state index in [-0.39, 0.29) is 30.2 Å². The number of benzene rings is 2. The van der Waals surface area contributed by atoms with Crippen LogP contribution in [-0.2, 0) is 30.3 Å². The molecule has 254 valence electrons. The van der Waals surface area contributed by atoms with Crippen LogP contribution in [0.1, 0.15) is 98.7 Å². The SMILES string of the molecule is CCCCCN(C(=O)C(NC(=O)OC(C)(C)C)C(C)C)C(C(=O)NC(Cc1ccccc1)C(=O)OC(C)(C)C)c1ccccc1O. The fraction of sp³-hybridized carbons (Fsp3) is 0.556. The van der Waals surface area contributed by atoms with Crippen molar-refractivity contribution in [1.82, 2.24) is 15.5 Å². The highest BCUT2D eigenvalue weighted by Crippen LogP contribution is 2.31. The van der Waals surface area contributed by atoms with Gasteiger partial charge in [0.25, 0.3) is 0 Å². The molecule has 2 aromatic rings. The number of nitrogens with one attached hydrogen (secondary N) is 2. The molecule has 0 heterocycles. The summed E-state index contributed by atoms with van der Waals surface area (Å²) in [6.07, 6.45) is 1.59. The molecule has 3 amide bonds. The van der Waals surface area contributed by atoms with Crippen LogP contribution in [-0.4, -0.2) is 63.7 Å². The molecule has 0 aliphatic carbocycles. The van der Waals surface area contributed by atoms with Crippen LogP contribution in [0.4, 0.5) is 4.79 Å². The number of esters is 1. The fourth-order valence-electron chi connectivity index (χ4n) is 4.86. The summed E-state index contributed by atoms with van der Waals surface area (Å²) >= 11 is 0. The van der Waals surface area contributed by atoms with Gasteiger partial charge in [0.05, 0.1) is 0 Å². The van der Waals surface area contributed by atoms with Crippen LogP contribution in [0.3, 0.4) is 0 Å². The molecule has 0 saturated heterocycles. The number of ether oxygens (including phenoxy) is 2. The number of nitrogens with zero attached hydrogens (tertiary/aromatic N) is 1. The first-order valence-electron chi connectivity index (χ1n) is 16.1. The average Bonchev–Trinajstić information content (AvgIpc) is 2.94. The lowest BCUT2D eigenvalue weighted by molar-refractivity contribution is -0.159. The Labute approximate surface area is 274 Å². The van der Waals surface area contributed by atoms with E-state index in [1.165, 1.54) is 11.0 Å². The first-order chi connectivity index (χ1) is 21.4. The van der Waals surface area contributed by atoms with Gasteiger partial charge in [-0.1, -0.05) is 82.1 Å². The summed E-state index contributed by atoms with van der Waals surface area (Å²) in [6, 6.07) is 12.1. The normalized spacial score (nSPS) is 13.7. The minimum Gasteiger partial charge on any atom is -0.508 e. The van der Waals surface area contributed by atoms with Gasteiger partial charge in [0.1, 0.15) is 35.1 Å². The van der Waals surface area contributed by atoms with E-state index in [2.05, 4.69) is 10.6 Å². The zero-order chi connectivity index (χ0) is 34.7. The molecule has 2 aromatic carbocycles. The number of unbranched alkanes of at least 4 members (excludes halogenated alkanes) is 2. The third kappa shape index (κ3) is 12.4. The summed E-state index contributed by atoms with van der Waals surface area (Å²) < 4.78 is 11.1. The first kappa shape index (κ1) is 38.1. The third-order valence-electron chi connectivity index (χ3n) is 6.97. The maximum absolute atomic E-state index is 14.4. The number of para-hydroxylation sites is 1. The molecule has 0 fully saturated rings. The van der Waals surface area contributed by atoms with Gasteiger partial charge in [-0.15, -0.1) is 0 Å². The second-order valence-electron chi connectivity index (χ2n) is 13.9. The van der Waals surface area contributed by atoms with E-state index < -0.39 is 53.2 Å². The van der Waals surface area contributed by atoms with Crippen LogP contribution in [0.2, 0.25) is 0 Å². The van der Waals surface area contributed by atoms with Crippen molar-refractivity contribution in [1.29, 1.82) is 0 Å². The Morgan fingerprint density at radius 2 is 1.41 bits per heavy atom. The molecule has 0 saturated carbocycles. The quantitative estimate of drug-likeness (QED) is 0.169. The van der Waals surface area contributed by atoms with Gasteiger partial charge >= 0.3 is 12.1 Å². The maximum atomic E-state index is 14.4. The van der Waals surface area contributed by atoms with Crippen LogP contribution in [0.15, 0.2) is 54.6 Å². The summed E-state index contributed by atoms with van der Waals surface area (Å²) in [7, 11) is 0. The highest BCUT2D eigenvalue weighted by atomic mass is 16.6. The van der Waals surface area contributed by atoms with Crippen molar-refractivity contribution in [3.63, 3.8) is 0 Å². The molecule has 46 heavy (non-hydrogen) atoms. The zero-order valence-electron chi connectivity index (χ0n) is 28.9. The monoisotopic (exact) mass is 639 g/mol. The summed E-state index contributed by atoms with van der Waals surface area (Å²) in [4.78, 5) is 56.5.